The summed E-state index contributed by atoms with van der Waals surface area (Å²) in [6.45, 7) is 9.90. The Labute approximate surface area is 199 Å². The van der Waals surface area contributed by atoms with E-state index in [9.17, 15) is 14.9 Å². The summed E-state index contributed by atoms with van der Waals surface area (Å²) in [5, 5.41) is 15.8. The molecule has 0 saturated carbocycles. The Hall–Kier alpha value is -3.52. The first-order valence-electron chi connectivity index (χ1n) is 11.6. The van der Waals surface area contributed by atoms with E-state index in [0.717, 1.165) is 42.9 Å². The maximum Gasteiger partial charge on any atom is 0.269 e. The molecular formula is C26H31N5O3. The number of nitro benzene ring substituents is 1. The van der Waals surface area contributed by atoms with Crippen LogP contribution in [0.3, 0.4) is 0 Å². The lowest BCUT2D eigenvalue weighted by Gasteiger charge is -2.34. The van der Waals surface area contributed by atoms with Crippen LogP contribution >= 0.6 is 0 Å². The van der Waals surface area contributed by atoms with E-state index in [-0.39, 0.29) is 23.6 Å². The fourth-order valence-electron chi connectivity index (χ4n) is 4.35. The molecule has 8 heteroatoms. The van der Waals surface area contributed by atoms with Crippen LogP contribution in [0.5, 0.6) is 0 Å². The van der Waals surface area contributed by atoms with Crippen LogP contribution in [0, 0.1) is 10.1 Å². The number of carbonyl (C=O) groups excluding carboxylic acids is 1. The van der Waals surface area contributed by atoms with Gasteiger partial charge in [0.05, 0.1) is 22.7 Å². The number of para-hydroxylation sites is 1. The average Bonchev–Trinajstić information content (AvgIpc) is 3.05. The summed E-state index contributed by atoms with van der Waals surface area (Å²) in [6.07, 6.45) is 3.07. The highest BCUT2D eigenvalue weighted by molar-refractivity contribution is 5.81. The molecule has 1 amide bonds. The predicted molar refractivity (Wildman–Crippen MR) is 132 cm³/mol. The van der Waals surface area contributed by atoms with Gasteiger partial charge in [0, 0.05) is 61.2 Å². The summed E-state index contributed by atoms with van der Waals surface area (Å²) in [6, 6.07) is 16.0. The van der Waals surface area contributed by atoms with Gasteiger partial charge in [0.15, 0.2) is 0 Å². The van der Waals surface area contributed by atoms with Gasteiger partial charge in [-0.15, -0.1) is 0 Å². The van der Waals surface area contributed by atoms with E-state index in [2.05, 4.69) is 25.7 Å². The summed E-state index contributed by atoms with van der Waals surface area (Å²) >= 11 is 0. The number of non-ortho nitro benzene ring substituents is 1. The Morgan fingerprint density at radius 3 is 2.35 bits per heavy atom. The van der Waals surface area contributed by atoms with E-state index in [0.29, 0.717) is 12.2 Å². The number of nitro groups is 1. The van der Waals surface area contributed by atoms with Gasteiger partial charge in [0.1, 0.15) is 0 Å². The van der Waals surface area contributed by atoms with Gasteiger partial charge in [0.2, 0.25) is 5.91 Å². The summed E-state index contributed by atoms with van der Waals surface area (Å²) in [5.74, 6) is 0.0755. The van der Waals surface area contributed by atoms with Crippen LogP contribution in [-0.2, 0) is 11.2 Å². The van der Waals surface area contributed by atoms with Crippen molar-refractivity contribution < 1.29 is 9.72 Å². The smallest absolute Gasteiger partial charge is 0.269 e. The molecule has 0 radical (unpaired) electrons. The highest BCUT2D eigenvalue weighted by atomic mass is 16.6. The van der Waals surface area contributed by atoms with Crippen molar-refractivity contribution in [1.82, 2.24) is 19.6 Å². The van der Waals surface area contributed by atoms with Crippen molar-refractivity contribution in [2.45, 2.75) is 39.2 Å². The van der Waals surface area contributed by atoms with Gasteiger partial charge in [-0.05, 0) is 51.5 Å². The molecule has 0 bridgehead atoms. The van der Waals surface area contributed by atoms with Gasteiger partial charge in [-0.1, -0.05) is 18.2 Å². The summed E-state index contributed by atoms with van der Waals surface area (Å²) in [5.41, 5.74) is 3.21. The van der Waals surface area contributed by atoms with Crippen LogP contribution in [-0.4, -0.2) is 62.1 Å². The monoisotopic (exact) mass is 461 g/mol. The van der Waals surface area contributed by atoms with Crippen molar-refractivity contribution in [3.05, 3.63) is 76.5 Å². The Morgan fingerprint density at radius 1 is 1.00 bits per heavy atom. The maximum absolute atomic E-state index is 13.3. The molecule has 1 aliphatic heterocycles. The fraction of sp³-hybridized carbons (Fsp3) is 0.385. The fourth-order valence-corrected chi connectivity index (χ4v) is 4.35. The van der Waals surface area contributed by atoms with Crippen LogP contribution in [0.2, 0.25) is 0 Å². The first-order chi connectivity index (χ1) is 16.2. The third-order valence-electron chi connectivity index (χ3n) is 6.30. The van der Waals surface area contributed by atoms with Gasteiger partial charge in [-0.2, -0.15) is 5.10 Å². The molecule has 0 spiro atoms. The number of carbonyl (C=O) groups is 1. The molecule has 3 aromatic rings. The number of aromatic nitrogens is 2. The lowest BCUT2D eigenvalue weighted by atomic mass is 10.0. The van der Waals surface area contributed by atoms with Gasteiger partial charge < -0.3 is 4.90 Å². The molecule has 34 heavy (non-hydrogen) atoms. The highest BCUT2D eigenvalue weighted by Gasteiger charge is 2.26. The number of hydrogen-bond acceptors (Lipinski definition) is 5. The number of amides is 1. The number of hydrogen-bond donors (Lipinski definition) is 0. The second-order valence-corrected chi connectivity index (χ2v) is 9.66. The molecule has 0 N–H and O–H groups in total. The van der Waals surface area contributed by atoms with Crippen LogP contribution < -0.4 is 0 Å². The Kier molecular flexibility index (Phi) is 6.79. The lowest BCUT2D eigenvalue weighted by Crippen LogP contribution is -2.44. The van der Waals surface area contributed by atoms with Crippen LogP contribution in [0.1, 0.15) is 32.8 Å². The Balaban J connectivity index is 1.60. The van der Waals surface area contributed by atoms with E-state index in [4.69, 9.17) is 5.10 Å². The van der Waals surface area contributed by atoms with E-state index >= 15 is 0 Å². The van der Waals surface area contributed by atoms with Crippen LogP contribution in [0.15, 0.2) is 60.8 Å². The van der Waals surface area contributed by atoms with Crippen molar-refractivity contribution in [2.24, 2.45) is 0 Å². The number of benzene rings is 2. The molecule has 2 heterocycles. The molecule has 1 saturated heterocycles. The molecule has 0 aliphatic carbocycles. The van der Waals surface area contributed by atoms with Crippen molar-refractivity contribution in [3.8, 4) is 16.9 Å². The first kappa shape index (κ1) is 23.6. The zero-order chi connectivity index (χ0) is 24.3. The molecule has 2 aromatic carbocycles. The van der Waals surface area contributed by atoms with Gasteiger partial charge >= 0.3 is 0 Å². The summed E-state index contributed by atoms with van der Waals surface area (Å²) in [4.78, 5) is 28.4. The van der Waals surface area contributed by atoms with E-state index in [1.807, 2.05) is 41.4 Å². The zero-order valence-corrected chi connectivity index (χ0v) is 20.0. The average molecular weight is 462 g/mol. The van der Waals surface area contributed by atoms with Crippen molar-refractivity contribution >= 4 is 11.6 Å². The zero-order valence-electron chi connectivity index (χ0n) is 20.0. The van der Waals surface area contributed by atoms with E-state index in [1.54, 1.807) is 16.8 Å². The standard InChI is InChI=1S/C26H31N5O3/c1-26(2,3)29-15-7-14-28(16-17-29)24(32)18-21-19-30(22-8-5-4-6-9-22)27-25(21)20-10-12-23(13-11-20)31(33)34/h4-6,8-13,19H,7,14-18H2,1-3H3. The van der Waals surface area contributed by atoms with Gasteiger partial charge in [-0.3, -0.25) is 19.8 Å². The number of nitrogens with zero attached hydrogens (tertiary/aromatic N) is 5. The van der Waals surface area contributed by atoms with Crippen molar-refractivity contribution in [3.63, 3.8) is 0 Å². The first-order valence-corrected chi connectivity index (χ1v) is 11.6. The third-order valence-corrected chi connectivity index (χ3v) is 6.30. The van der Waals surface area contributed by atoms with Crippen molar-refractivity contribution in [2.75, 3.05) is 26.2 Å². The van der Waals surface area contributed by atoms with Crippen LogP contribution in [0.4, 0.5) is 5.69 Å². The summed E-state index contributed by atoms with van der Waals surface area (Å²) in [7, 11) is 0. The molecular weight excluding hydrogens is 430 g/mol. The second kappa shape index (κ2) is 9.77. The molecule has 4 rings (SSSR count). The largest absolute Gasteiger partial charge is 0.341 e. The summed E-state index contributed by atoms with van der Waals surface area (Å²) < 4.78 is 1.77. The van der Waals surface area contributed by atoms with Gasteiger partial charge in [-0.25, -0.2) is 4.68 Å². The Morgan fingerprint density at radius 2 is 1.71 bits per heavy atom. The second-order valence-electron chi connectivity index (χ2n) is 9.66. The molecule has 178 valence electrons. The topological polar surface area (TPSA) is 84.5 Å². The molecule has 8 nitrogen and oxygen atoms in total. The number of rotatable bonds is 5. The van der Waals surface area contributed by atoms with Gasteiger partial charge in [0.25, 0.3) is 5.69 Å². The minimum Gasteiger partial charge on any atom is -0.341 e. The molecule has 1 fully saturated rings. The minimum absolute atomic E-state index is 0.0248. The molecule has 1 aliphatic rings. The molecule has 1 aromatic heterocycles. The minimum atomic E-state index is -0.420. The van der Waals surface area contributed by atoms with Crippen molar-refractivity contribution in [1.29, 1.82) is 0 Å². The van der Waals surface area contributed by atoms with E-state index in [1.165, 1.54) is 12.1 Å². The SMILES string of the molecule is CC(C)(C)N1CCCN(C(=O)Cc2cn(-c3ccccc3)nc2-c2ccc([N+](=O)[O-])cc2)CC1. The maximum atomic E-state index is 13.3. The van der Waals surface area contributed by atoms with Crippen LogP contribution in [0.25, 0.3) is 16.9 Å². The quantitative estimate of drug-likeness (QED) is 0.417. The normalized spacial score (nSPS) is 15.2. The third kappa shape index (κ3) is 5.34. The molecule has 0 unspecified atom stereocenters. The Bertz CT molecular complexity index is 1150. The lowest BCUT2D eigenvalue weighted by molar-refractivity contribution is -0.384. The van der Waals surface area contributed by atoms with E-state index < -0.39 is 4.92 Å². The predicted octanol–water partition coefficient (Wildman–Crippen LogP) is 4.32. The molecule has 0 atom stereocenters. The highest BCUT2D eigenvalue weighted by Crippen LogP contribution is 2.27.